The average Bonchev–Trinajstić information content (AvgIpc) is 2.74. The molecule has 2 nitrogen and oxygen atoms in total. The first-order valence-corrected chi connectivity index (χ1v) is 8.01. The Bertz CT molecular complexity index is 655. The van der Waals surface area contributed by atoms with Gasteiger partial charge in [0.25, 0.3) is 0 Å². The van der Waals surface area contributed by atoms with Crippen molar-refractivity contribution in [1.82, 2.24) is 9.55 Å². The zero-order valence-corrected chi connectivity index (χ0v) is 14.1. The van der Waals surface area contributed by atoms with E-state index in [4.69, 9.17) is 11.6 Å². The molecule has 2 aromatic rings. The fraction of sp³-hybridized carbons (Fsp3) is 0.471. The van der Waals surface area contributed by atoms with E-state index in [0.29, 0.717) is 42.3 Å². The van der Waals surface area contributed by atoms with E-state index in [1.165, 1.54) is 16.7 Å². The average molecular weight is 327 g/mol. The molecule has 0 saturated heterocycles. The molecule has 0 N–H and O–H groups in total. The van der Waals surface area contributed by atoms with Crippen LogP contribution in [0.2, 0.25) is 5.15 Å². The van der Waals surface area contributed by atoms with Crippen LogP contribution in [-0.4, -0.2) is 9.55 Å². The lowest BCUT2D eigenvalue weighted by Crippen LogP contribution is -2.07. The van der Waals surface area contributed by atoms with Crippen molar-refractivity contribution in [2.75, 3.05) is 0 Å². The predicted octanol–water partition coefficient (Wildman–Crippen LogP) is 5.13. The summed E-state index contributed by atoms with van der Waals surface area (Å²) in [6.45, 7) is 7.83. The summed E-state index contributed by atoms with van der Waals surface area (Å²) in [6.07, 6.45) is 1.80. The van der Waals surface area contributed by atoms with Gasteiger partial charge in [-0.15, -0.1) is 0 Å². The lowest BCUT2D eigenvalue weighted by Gasteiger charge is -2.13. The Morgan fingerprint density at radius 1 is 1.14 bits per heavy atom. The fourth-order valence-electron chi connectivity index (χ4n) is 2.60. The minimum atomic E-state index is -0.604. The maximum atomic E-state index is 14.5. The fourth-order valence-corrected chi connectivity index (χ4v) is 2.96. The first kappa shape index (κ1) is 16.9. The Hall–Kier alpha value is -1.42. The quantitative estimate of drug-likeness (QED) is 0.745. The van der Waals surface area contributed by atoms with Crippen molar-refractivity contribution in [1.29, 1.82) is 0 Å². The SMILES string of the molecule is CCc1nc(CC)n(-c2c(F)cc(CC(C)C)cc2F)c1Cl. The largest absolute Gasteiger partial charge is 0.281 e. The van der Waals surface area contributed by atoms with Crippen molar-refractivity contribution in [2.45, 2.75) is 47.0 Å². The number of aryl methyl sites for hydroxylation is 2. The molecule has 22 heavy (non-hydrogen) atoms. The highest BCUT2D eigenvalue weighted by atomic mass is 35.5. The Labute approximate surface area is 135 Å². The molecule has 1 heterocycles. The van der Waals surface area contributed by atoms with E-state index in [1.807, 2.05) is 27.7 Å². The summed E-state index contributed by atoms with van der Waals surface area (Å²) >= 11 is 6.28. The molecule has 0 aliphatic carbocycles. The lowest BCUT2D eigenvalue weighted by molar-refractivity contribution is 0.556. The Balaban J connectivity index is 2.61. The lowest BCUT2D eigenvalue weighted by atomic mass is 10.0. The highest BCUT2D eigenvalue weighted by molar-refractivity contribution is 6.30. The van der Waals surface area contributed by atoms with Crippen LogP contribution in [0.4, 0.5) is 8.78 Å². The van der Waals surface area contributed by atoms with Gasteiger partial charge in [0, 0.05) is 6.42 Å². The first-order chi connectivity index (χ1) is 10.4. The molecule has 0 saturated carbocycles. The molecule has 2 rings (SSSR count). The van der Waals surface area contributed by atoms with Crippen molar-refractivity contribution < 1.29 is 8.78 Å². The van der Waals surface area contributed by atoms with Crippen molar-refractivity contribution in [3.63, 3.8) is 0 Å². The molecule has 1 aromatic heterocycles. The third-order valence-corrected chi connectivity index (χ3v) is 3.94. The van der Waals surface area contributed by atoms with Gasteiger partial charge in [-0.1, -0.05) is 39.3 Å². The van der Waals surface area contributed by atoms with Crippen LogP contribution in [0.15, 0.2) is 12.1 Å². The number of imidazole rings is 1. The summed E-state index contributed by atoms with van der Waals surface area (Å²) in [7, 11) is 0. The zero-order chi connectivity index (χ0) is 16.4. The molecule has 0 fully saturated rings. The number of halogens is 3. The third kappa shape index (κ3) is 3.17. The first-order valence-electron chi connectivity index (χ1n) is 7.63. The van der Waals surface area contributed by atoms with Crippen LogP contribution in [0.3, 0.4) is 0 Å². The van der Waals surface area contributed by atoms with Gasteiger partial charge in [-0.25, -0.2) is 13.8 Å². The second-order valence-corrected chi connectivity index (χ2v) is 6.17. The van der Waals surface area contributed by atoms with Gasteiger partial charge in [-0.3, -0.25) is 4.57 Å². The highest BCUT2D eigenvalue weighted by Gasteiger charge is 2.21. The van der Waals surface area contributed by atoms with E-state index in [-0.39, 0.29) is 10.8 Å². The Morgan fingerprint density at radius 2 is 1.73 bits per heavy atom. The topological polar surface area (TPSA) is 17.8 Å². The normalized spacial score (nSPS) is 11.5. The minimum Gasteiger partial charge on any atom is -0.281 e. The molecule has 0 atom stereocenters. The molecule has 0 bridgehead atoms. The van der Waals surface area contributed by atoms with Gasteiger partial charge in [0.05, 0.1) is 5.69 Å². The van der Waals surface area contributed by atoms with Gasteiger partial charge in [0.15, 0.2) is 11.6 Å². The second kappa shape index (κ2) is 6.78. The standard InChI is InChI=1S/C17H21ClF2N2/c1-5-14-17(18)22(15(6-2)21-14)16-12(19)8-11(7-10(3)4)9-13(16)20/h8-10H,5-7H2,1-4H3. The zero-order valence-electron chi connectivity index (χ0n) is 13.4. The Kier molecular flexibility index (Phi) is 5.22. The van der Waals surface area contributed by atoms with Gasteiger partial charge in [-0.2, -0.15) is 0 Å². The number of benzene rings is 1. The van der Waals surface area contributed by atoms with Gasteiger partial charge in [-0.05, 0) is 36.5 Å². The number of rotatable bonds is 5. The summed E-state index contributed by atoms with van der Waals surface area (Å²) in [4.78, 5) is 4.37. The molecule has 0 aliphatic heterocycles. The molecule has 0 amide bonds. The molecule has 0 unspecified atom stereocenters. The summed E-state index contributed by atoms with van der Waals surface area (Å²) in [5.74, 6) is -0.310. The number of aromatic nitrogens is 2. The van der Waals surface area contributed by atoms with Gasteiger partial charge in [0.1, 0.15) is 16.7 Å². The summed E-state index contributed by atoms with van der Waals surface area (Å²) in [5, 5.41) is 0.286. The summed E-state index contributed by atoms with van der Waals surface area (Å²) in [5.41, 5.74) is 1.17. The van der Waals surface area contributed by atoms with Crippen molar-refractivity contribution in [2.24, 2.45) is 5.92 Å². The number of nitrogens with zero attached hydrogens (tertiary/aromatic N) is 2. The van der Waals surface area contributed by atoms with Crippen molar-refractivity contribution in [3.8, 4) is 5.69 Å². The van der Waals surface area contributed by atoms with Crippen molar-refractivity contribution in [3.05, 3.63) is 46.0 Å². The van der Waals surface area contributed by atoms with Crippen molar-refractivity contribution >= 4 is 11.6 Å². The molecular formula is C17H21ClF2N2. The number of hydrogen-bond donors (Lipinski definition) is 0. The molecule has 0 spiro atoms. The minimum absolute atomic E-state index is 0.137. The number of hydrogen-bond acceptors (Lipinski definition) is 1. The van der Waals surface area contributed by atoms with Crippen LogP contribution in [0.1, 0.15) is 44.8 Å². The summed E-state index contributed by atoms with van der Waals surface area (Å²) in [6, 6.07) is 2.78. The van der Waals surface area contributed by atoms with Gasteiger partial charge in [0.2, 0.25) is 0 Å². The van der Waals surface area contributed by atoms with E-state index in [0.717, 1.165) is 0 Å². The molecule has 0 aliphatic rings. The van der Waals surface area contributed by atoms with Crippen LogP contribution in [0.5, 0.6) is 0 Å². The van der Waals surface area contributed by atoms with E-state index in [9.17, 15) is 8.78 Å². The van der Waals surface area contributed by atoms with Gasteiger partial charge < -0.3 is 0 Å². The van der Waals surface area contributed by atoms with Crippen LogP contribution < -0.4 is 0 Å². The molecule has 120 valence electrons. The molecule has 0 radical (unpaired) electrons. The summed E-state index contributed by atoms with van der Waals surface area (Å²) < 4.78 is 30.4. The molecule has 5 heteroatoms. The predicted molar refractivity (Wildman–Crippen MR) is 85.8 cm³/mol. The monoisotopic (exact) mass is 326 g/mol. The molecule has 1 aromatic carbocycles. The van der Waals surface area contributed by atoms with E-state index in [2.05, 4.69) is 4.98 Å². The van der Waals surface area contributed by atoms with Crippen LogP contribution in [0.25, 0.3) is 5.69 Å². The van der Waals surface area contributed by atoms with Crippen LogP contribution in [0, 0.1) is 17.6 Å². The Morgan fingerprint density at radius 3 is 2.18 bits per heavy atom. The smallest absolute Gasteiger partial charge is 0.150 e. The van der Waals surface area contributed by atoms with Gasteiger partial charge >= 0.3 is 0 Å². The highest BCUT2D eigenvalue weighted by Crippen LogP contribution is 2.29. The van der Waals surface area contributed by atoms with E-state index in [1.54, 1.807) is 0 Å². The maximum absolute atomic E-state index is 14.5. The second-order valence-electron chi connectivity index (χ2n) is 5.81. The van der Waals surface area contributed by atoms with Crippen LogP contribution >= 0.6 is 11.6 Å². The van der Waals surface area contributed by atoms with E-state index < -0.39 is 11.6 Å². The molecular weight excluding hydrogens is 306 g/mol. The van der Waals surface area contributed by atoms with E-state index >= 15 is 0 Å². The maximum Gasteiger partial charge on any atom is 0.150 e. The third-order valence-electron chi connectivity index (χ3n) is 3.55. The van der Waals surface area contributed by atoms with Crippen LogP contribution in [-0.2, 0) is 19.3 Å².